The number of rotatable bonds is 2. The van der Waals surface area contributed by atoms with E-state index in [1.54, 1.807) is 0 Å². The fourth-order valence-corrected chi connectivity index (χ4v) is 0.0752. The van der Waals surface area contributed by atoms with E-state index in [-0.39, 0.29) is 31.1 Å². The summed E-state index contributed by atoms with van der Waals surface area (Å²) in [4.78, 5) is 25.1. The Morgan fingerprint density at radius 1 is 1.00 bits per heavy atom. The zero-order valence-electron chi connectivity index (χ0n) is 4.44. The Morgan fingerprint density at radius 2 is 1.30 bits per heavy atom. The molecule has 0 rings (SSSR count). The third-order valence-electron chi connectivity index (χ3n) is 0.211. The normalized spacial score (nSPS) is 7.20. The maximum Gasteiger partial charge on any atom is 0.540 e. The van der Waals surface area contributed by atoms with Crippen LogP contribution in [0.3, 0.4) is 0 Å². The van der Waals surface area contributed by atoms with Crippen LogP contribution in [0, 0.1) is 31.1 Å². The molecule has 0 amide bonds. The van der Waals surface area contributed by atoms with Gasteiger partial charge in [-0.3, -0.25) is 0 Å². The van der Waals surface area contributed by atoms with Crippen molar-refractivity contribution in [2.75, 3.05) is 0 Å². The summed E-state index contributed by atoms with van der Waals surface area (Å²) in [5, 5.41) is 18.4. The van der Waals surface area contributed by atoms with Crippen LogP contribution >= 0.6 is 0 Å². The van der Waals surface area contributed by atoms with Gasteiger partial charge in [0, 0.05) is 31.1 Å². The predicted molar refractivity (Wildman–Crippen MR) is 19.3 cm³/mol. The second kappa shape index (κ2) is 6.67. The molecule has 0 saturated heterocycles. The van der Waals surface area contributed by atoms with Crippen molar-refractivity contribution in [1.29, 1.82) is 0 Å². The fourth-order valence-electron chi connectivity index (χ4n) is 0.0752. The van der Waals surface area contributed by atoms with Gasteiger partial charge in [-0.15, -0.1) is 0 Å². The van der Waals surface area contributed by atoms with Crippen LogP contribution in [-0.4, -0.2) is 22.5 Å². The second-order valence-electron chi connectivity index (χ2n) is 0.767. The molecule has 0 aliphatic heterocycles. The molecule has 0 aromatic carbocycles. The first kappa shape index (κ1) is 12.2. The predicted octanol–water partition coefficient (Wildman–Crippen LogP) is 0.222. The Hall–Kier alpha value is -0.448. The van der Waals surface area contributed by atoms with E-state index in [0.717, 1.165) is 0 Å². The van der Waals surface area contributed by atoms with Crippen molar-refractivity contribution in [3.63, 3.8) is 0 Å². The number of carbonyl (C=O) groups is 2. The number of hydrogen-bond acceptors (Lipinski definition) is 5. The zero-order chi connectivity index (χ0) is 7.28. The van der Waals surface area contributed by atoms with Gasteiger partial charge in [-0.05, 0) is 0 Å². The summed E-state index contributed by atoms with van der Waals surface area (Å²) in [6.07, 6.45) is -3.59. The average molecular weight is 376 g/mol. The number of hydrogen-bond donors (Lipinski definition) is 2. The standard InChI is InChI=1S/C2H2O7.U/c3-1(4)7-9-8-2(5)6;/h(H,3,4)(H,5,6);. The van der Waals surface area contributed by atoms with Gasteiger partial charge in [0.15, 0.2) is 0 Å². The van der Waals surface area contributed by atoms with Gasteiger partial charge in [0.2, 0.25) is 0 Å². The molecule has 0 fully saturated rings. The maximum atomic E-state index is 9.36. The summed E-state index contributed by atoms with van der Waals surface area (Å²) in [5.74, 6) is 0. The van der Waals surface area contributed by atoms with Crippen LogP contribution in [-0.2, 0) is 14.8 Å². The molecular formula is C2H2O7U. The summed E-state index contributed by atoms with van der Waals surface area (Å²) in [5.41, 5.74) is 0. The van der Waals surface area contributed by atoms with Crippen molar-refractivity contribution in [3.05, 3.63) is 0 Å². The molecular weight excluding hydrogens is 374 g/mol. The molecule has 0 bridgehead atoms. The van der Waals surface area contributed by atoms with Crippen LogP contribution in [0.4, 0.5) is 9.59 Å². The van der Waals surface area contributed by atoms with Crippen molar-refractivity contribution in [1.82, 2.24) is 0 Å². The first-order valence-corrected chi connectivity index (χ1v) is 1.60. The van der Waals surface area contributed by atoms with E-state index >= 15 is 0 Å². The molecule has 10 heavy (non-hydrogen) atoms. The Labute approximate surface area is 78.1 Å². The zero-order valence-corrected chi connectivity index (χ0v) is 8.60. The molecule has 0 unspecified atom stereocenters. The van der Waals surface area contributed by atoms with Gasteiger partial charge >= 0.3 is 12.3 Å². The second-order valence-corrected chi connectivity index (χ2v) is 0.767. The summed E-state index contributed by atoms with van der Waals surface area (Å²) in [6, 6.07) is 0. The number of carboxylic acid groups (broad SMARTS) is 2. The van der Waals surface area contributed by atoms with E-state index < -0.39 is 12.3 Å². The Morgan fingerprint density at radius 3 is 1.50 bits per heavy atom. The van der Waals surface area contributed by atoms with Gasteiger partial charge in [-0.1, -0.05) is 0 Å². The van der Waals surface area contributed by atoms with Gasteiger partial charge in [0.25, 0.3) is 0 Å². The minimum absolute atomic E-state index is 0. The molecule has 0 spiro atoms. The molecule has 0 aliphatic carbocycles. The first-order valence-electron chi connectivity index (χ1n) is 1.60. The van der Waals surface area contributed by atoms with E-state index in [4.69, 9.17) is 10.2 Å². The Kier molecular flexibility index (Phi) is 8.17. The van der Waals surface area contributed by atoms with Crippen LogP contribution in [0.25, 0.3) is 0 Å². The molecule has 0 atom stereocenters. The quantitative estimate of drug-likeness (QED) is 0.525. The van der Waals surface area contributed by atoms with Crippen LogP contribution < -0.4 is 0 Å². The monoisotopic (exact) mass is 376 g/mol. The molecule has 7 nitrogen and oxygen atoms in total. The molecule has 2 N–H and O–H groups in total. The molecule has 0 aliphatic rings. The largest absolute Gasteiger partial charge is 0.540 e. The van der Waals surface area contributed by atoms with Gasteiger partial charge < -0.3 is 10.2 Å². The Bertz CT molecular complexity index is 107. The maximum absolute atomic E-state index is 9.36. The molecule has 0 aromatic rings. The van der Waals surface area contributed by atoms with E-state index in [1.807, 2.05) is 0 Å². The third-order valence-corrected chi connectivity index (χ3v) is 0.211. The average Bonchev–Trinajstić information content (AvgIpc) is 1.63. The van der Waals surface area contributed by atoms with Crippen molar-refractivity contribution < 1.29 is 65.7 Å². The van der Waals surface area contributed by atoms with E-state index in [9.17, 15) is 9.59 Å². The van der Waals surface area contributed by atoms with Gasteiger partial charge in [0.1, 0.15) is 0 Å². The summed E-state index contributed by atoms with van der Waals surface area (Å²) < 4.78 is 0. The van der Waals surface area contributed by atoms with Crippen LogP contribution in [0.2, 0.25) is 0 Å². The van der Waals surface area contributed by atoms with Gasteiger partial charge in [-0.25, -0.2) is 19.4 Å². The molecule has 0 radical (unpaired) electrons. The van der Waals surface area contributed by atoms with Crippen molar-refractivity contribution in [2.24, 2.45) is 0 Å². The van der Waals surface area contributed by atoms with Crippen LogP contribution in [0.15, 0.2) is 0 Å². The van der Waals surface area contributed by atoms with E-state index in [1.165, 1.54) is 0 Å². The van der Waals surface area contributed by atoms with Crippen molar-refractivity contribution in [3.8, 4) is 0 Å². The van der Waals surface area contributed by atoms with Gasteiger partial charge in [-0.2, -0.15) is 0 Å². The Balaban J connectivity index is 0. The SMILES string of the molecule is O=C(O)OOOC(=O)O.[U]. The van der Waals surface area contributed by atoms with E-state index in [0.29, 0.717) is 0 Å². The van der Waals surface area contributed by atoms with Crippen LogP contribution in [0.5, 0.6) is 0 Å². The summed E-state index contributed by atoms with van der Waals surface area (Å²) in [6.45, 7) is 0. The van der Waals surface area contributed by atoms with Crippen LogP contribution in [0.1, 0.15) is 0 Å². The van der Waals surface area contributed by atoms with Crippen molar-refractivity contribution >= 4 is 12.3 Å². The molecule has 0 heterocycles. The third kappa shape index (κ3) is 10.5. The minimum Gasteiger partial charge on any atom is -0.448 e. The molecule has 0 aromatic heterocycles. The fraction of sp³-hybridized carbons (Fsp3) is 0. The van der Waals surface area contributed by atoms with Crippen molar-refractivity contribution in [2.45, 2.75) is 0 Å². The topological polar surface area (TPSA) is 102 Å². The van der Waals surface area contributed by atoms with E-state index in [2.05, 4.69) is 14.8 Å². The molecule has 0 saturated carbocycles. The smallest absolute Gasteiger partial charge is 0.448 e. The first-order chi connectivity index (χ1) is 4.13. The van der Waals surface area contributed by atoms with Gasteiger partial charge in [0.05, 0.1) is 5.04 Å². The summed E-state index contributed by atoms with van der Waals surface area (Å²) >= 11 is 0. The molecule has 56 valence electrons. The molecule has 8 heteroatoms. The summed E-state index contributed by atoms with van der Waals surface area (Å²) in [7, 11) is 0. The minimum atomic E-state index is -1.80.